The molecule has 0 saturated heterocycles. The molecule has 0 saturated carbocycles. The second-order valence-electron chi connectivity index (χ2n) is 4.04. The van der Waals surface area contributed by atoms with Crippen LogP contribution in [0.25, 0.3) is 11.4 Å². The average molecular weight is 317 g/mol. The third-order valence-electron chi connectivity index (χ3n) is 2.24. The van der Waals surface area contributed by atoms with Crippen molar-refractivity contribution in [2.45, 2.75) is 18.4 Å². The van der Waals surface area contributed by atoms with E-state index in [0.29, 0.717) is 16.5 Å². The number of aromatic nitrogens is 3. The summed E-state index contributed by atoms with van der Waals surface area (Å²) in [6, 6.07) is 5.24. The van der Waals surface area contributed by atoms with Crippen LogP contribution >= 0.6 is 11.8 Å². The lowest BCUT2D eigenvalue weighted by Gasteiger charge is -2.08. The van der Waals surface area contributed by atoms with Gasteiger partial charge >= 0.3 is 6.36 Å². The molecule has 21 heavy (non-hydrogen) atoms. The summed E-state index contributed by atoms with van der Waals surface area (Å²) in [5.74, 6) is 0.371. The standard InChI is InChI=1S/C12H10F3N3O2S/c1-7(19)6-21-11-16-10(17-18-11)8-2-4-9(5-3-8)20-12(13,14)15/h2-5H,6H2,1H3,(H,16,17,18). The average Bonchev–Trinajstić information content (AvgIpc) is 2.84. The van der Waals surface area contributed by atoms with Crippen molar-refractivity contribution >= 4 is 17.5 Å². The number of alkyl halides is 3. The molecule has 2 aromatic rings. The van der Waals surface area contributed by atoms with Crippen LogP contribution in [0.5, 0.6) is 5.75 Å². The highest BCUT2D eigenvalue weighted by Crippen LogP contribution is 2.25. The van der Waals surface area contributed by atoms with E-state index < -0.39 is 6.36 Å². The maximum Gasteiger partial charge on any atom is 0.573 e. The number of benzene rings is 1. The number of halogens is 3. The molecule has 1 aromatic carbocycles. The monoisotopic (exact) mass is 317 g/mol. The number of thioether (sulfide) groups is 1. The lowest BCUT2D eigenvalue weighted by molar-refractivity contribution is -0.274. The van der Waals surface area contributed by atoms with Crippen LogP contribution in [0.4, 0.5) is 13.2 Å². The zero-order valence-electron chi connectivity index (χ0n) is 10.8. The lowest BCUT2D eigenvalue weighted by atomic mass is 10.2. The number of nitrogens with one attached hydrogen (secondary N) is 1. The first kappa shape index (κ1) is 15.4. The summed E-state index contributed by atoms with van der Waals surface area (Å²) in [6.45, 7) is 1.46. The van der Waals surface area contributed by atoms with E-state index in [2.05, 4.69) is 19.9 Å². The topological polar surface area (TPSA) is 67.9 Å². The number of hydrogen-bond acceptors (Lipinski definition) is 5. The van der Waals surface area contributed by atoms with E-state index in [9.17, 15) is 18.0 Å². The van der Waals surface area contributed by atoms with Crippen molar-refractivity contribution in [1.82, 2.24) is 15.2 Å². The highest BCUT2D eigenvalue weighted by molar-refractivity contribution is 7.99. The van der Waals surface area contributed by atoms with Crippen molar-refractivity contribution < 1.29 is 22.7 Å². The summed E-state index contributed by atoms with van der Waals surface area (Å²) in [6.07, 6.45) is -4.72. The third kappa shape index (κ3) is 4.78. The first-order valence-electron chi connectivity index (χ1n) is 5.74. The number of carbonyl (C=O) groups is 1. The van der Waals surface area contributed by atoms with Gasteiger partial charge in [-0.1, -0.05) is 11.8 Å². The summed E-state index contributed by atoms with van der Waals surface area (Å²) < 4.78 is 39.9. The van der Waals surface area contributed by atoms with Crippen molar-refractivity contribution in [2.75, 3.05) is 5.75 Å². The molecule has 0 spiro atoms. The van der Waals surface area contributed by atoms with Gasteiger partial charge in [0.2, 0.25) is 0 Å². The number of aromatic amines is 1. The minimum absolute atomic E-state index is 0.00611. The van der Waals surface area contributed by atoms with Gasteiger partial charge in [0.05, 0.1) is 5.75 Å². The fourth-order valence-electron chi connectivity index (χ4n) is 1.43. The predicted molar refractivity (Wildman–Crippen MR) is 69.9 cm³/mol. The number of Topliss-reactive ketones (excluding diaryl/α,β-unsaturated/α-hetero) is 1. The summed E-state index contributed by atoms with van der Waals surface area (Å²) >= 11 is 1.20. The Bertz CT molecular complexity index is 625. The number of rotatable bonds is 5. The van der Waals surface area contributed by atoms with E-state index in [1.807, 2.05) is 0 Å². The Hall–Kier alpha value is -2.03. The van der Waals surface area contributed by atoms with Gasteiger partial charge in [-0.25, -0.2) is 0 Å². The Labute approximate surface area is 121 Å². The van der Waals surface area contributed by atoms with Crippen LogP contribution in [-0.2, 0) is 4.79 Å². The molecular formula is C12H10F3N3O2S. The van der Waals surface area contributed by atoms with Gasteiger partial charge in [-0.3, -0.25) is 4.79 Å². The first-order valence-corrected chi connectivity index (χ1v) is 6.73. The second-order valence-corrected chi connectivity index (χ2v) is 5.01. The third-order valence-corrected chi connectivity index (χ3v) is 3.25. The Kier molecular flexibility index (Phi) is 4.51. The summed E-state index contributed by atoms with van der Waals surface area (Å²) in [4.78, 5) is 13.7. The Morgan fingerprint density at radius 2 is 1.95 bits per heavy atom. The highest BCUT2D eigenvalue weighted by Gasteiger charge is 2.30. The Morgan fingerprint density at radius 3 is 2.52 bits per heavy atom. The smallest absolute Gasteiger partial charge is 0.406 e. The van der Waals surface area contributed by atoms with Gasteiger partial charge in [-0.15, -0.1) is 23.4 Å². The number of nitrogens with zero attached hydrogens (tertiary/aromatic N) is 2. The van der Waals surface area contributed by atoms with E-state index in [-0.39, 0.29) is 17.3 Å². The molecule has 0 amide bonds. The Morgan fingerprint density at radius 1 is 1.29 bits per heavy atom. The molecule has 0 fully saturated rings. The summed E-state index contributed by atoms with van der Waals surface area (Å²) in [5.41, 5.74) is 0.562. The Balaban J connectivity index is 2.07. The normalized spacial score (nSPS) is 11.4. The molecule has 0 radical (unpaired) electrons. The lowest BCUT2D eigenvalue weighted by Crippen LogP contribution is -2.16. The number of carbonyl (C=O) groups excluding carboxylic acids is 1. The van der Waals surface area contributed by atoms with E-state index in [1.54, 1.807) is 0 Å². The number of H-pyrrole nitrogens is 1. The van der Waals surface area contributed by atoms with Crippen molar-refractivity contribution in [1.29, 1.82) is 0 Å². The van der Waals surface area contributed by atoms with E-state index in [0.717, 1.165) is 0 Å². The molecule has 0 bridgehead atoms. The van der Waals surface area contributed by atoms with Gasteiger partial charge in [0.1, 0.15) is 11.5 Å². The SMILES string of the molecule is CC(=O)CSc1nnc(-c2ccc(OC(F)(F)F)cc2)[nH]1. The molecule has 0 aliphatic rings. The molecule has 0 aliphatic heterocycles. The van der Waals surface area contributed by atoms with E-state index in [4.69, 9.17) is 0 Å². The van der Waals surface area contributed by atoms with Crippen molar-refractivity contribution in [3.8, 4) is 17.1 Å². The molecule has 1 heterocycles. The van der Waals surface area contributed by atoms with Crippen LogP contribution in [-0.4, -0.2) is 33.1 Å². The maximum atomic E-state index is 12.0. The van der Waals surface area contributed by atoms with Gasteiger partial charge < -0.3 is 9.72 Å². The number of ketones is 1. The molecule has 0 aliphatic carbocycles. The largest absolute Gasteiger partial charge is 0.573 e. The highest BCUT2D eigenvalue weighted by atomic mass is 32.2. The van der Waals surface area contributed by atoms with Crippen LogP contribution < -0.4 is 4.74 Å². The molecule has 9 heteroatoms. The summed E-state index contributed by atoms with van der Waals surface area (Å²) in [5, 5.41) is 8.18. The zero-order valence-corrected chi connectivity index (χ0v) is 11.6. The quantitative estimate of drug-likeness (QED) is 0.859. The van der Waals surface area contributed by atoms with Crippen LogP contribution in [0.1, 0.15) is 6.92 Å². The second kappa shape index (κ2) is 6.17. The molecular weight excluding hydrogens is 307 g/mol. The number of hydrogen-bond donors (Lipinski definition) is 1. The molecule has 1 aromatic heterocycles. The zero-order chi connectivity index (χ0) is 15.5. The maximum absolute atomic E-state index is 12.0. The minimum Gasteiger partial charge on any atom is -0.406 e. The van der Waals surface area contributed by atoms with Crippen LogP contribution in [0.15, 0.2) is 29.4 Å². The van der Waals surface area contributed by atoms with Gasteiger partial charge in [0.15, 0.2) is 11.0 Å². The van der Waals surface area contributed by atoms with Gasteiger partial charge in [0.25, 0.3) is 0 Å². The molecule has 5 nitrogen and oxygen atoms in total. The van der Waals surface area contributed by atoms with E-state index in [1.165, 1.54) is 43.0 Å². The predicted octanol–water partition coefficient (Wildman–Crippen LogP) is 3.05. The van der Waals surface area contributed by atoms with Crippen molar-refractivity contribution in [2.24, 2.45) is 0 Å². The van der Waals surface area contributed by atoms with Gasteiger partial charge in [0, 0.05) is 5.56 Å². The molecule has 0 unspecified atom stereocenters. The number of ether oxygens (including phenoxy) is 1. The van der Waals surface area contributed by atoms with E-state index >= 15 is 0 Å². The van der Waals surface area contributed by atoms with Gasteiger partial charge in [-0.2, -0.15) is 0 Å². The van der Waals surface area contributed by atoms with Gasteiger partial charge in [-0.05, 0) is 31.2 Å². The van der Waals surface area contributed by atoms with Crippen LogP contribution in [0.2, 0.25) is 0 Å². The fraction of sp³-hybridized carbons (Fsp3) is 0.250. The molecule has 1 N–H and O–H groups in total. The molecule has 0 atom stereocenters. The van der Waals surface area contributed by atoms with Crippen molar-refractivity contribution in [3.63, 3.8) is 0 Å². The van der Waals surface area contributed by atoms with Crippen molar-refractivity contribution in [3.05, 3.63) is 24.3 Å². The summed E-state index contributed by atoms with van der Waals surface area (Å²) in [7, 11) is 0. The first-order chi connectivity index (χ1) is 9.83. The molecule has 2 rings (SSSR count). The molecule has 112 valence electrons. The minimum atomic E-state index is -4.72. The van der Waals surface area contributed by atoms with Crippen LogP contribution in [0, 0.1) is 0 Å². The fourth-order valence-corrected chi connectivity index (χ4v) is 2.03. The van der Waals surface area contributed by atoms with Crippen LogP contribution in [0.3, 0.4) is 0 Å².